The fourth-order valence-corrected chi connectivity index (χ4v) is 5.43. The van der Waals surface area contributed by atoms with Crippen molar-refractivity contribution in [2.75, 3.05) is 58.3 Å². The van der Waals surface area contributed by atoms with Crippen molar-refractivity contribution in [1.82, 2.24) is 24.3 Å². The van der Waals surface area contributed by atoms with Gasteiger partial charge in [0.1, 0.15) is 0 Å². The summed E-state index contributed by atoms with van der Waals surface area (Å²) in [6.45, 7) is 4.95. The smallest absolute Gasteiger partial charge is 0.263 e. The number of anilines is 1. The highest BCUT2D eigenvalue weighted by atomic mass is 35.5. The number of halogens is 1. The molecule has 11 heteroatoms. The Bertz CT molecular complexity index is 1060. The molecule has 0 atom stereocenters. The van der Waals surface area contributed by atoms with E-state index in [0.29, 0.717) is 37.7 Å². The second kappa shape index (κ2) is 10.2. The van der Waals surface area contributed by atoms with Crippen molar-refractivity contribution in [3.63, 3.8) is 0 Å². The maximum atomic E-state index is 13.3. The second-order valence-corrected chi connectivity index (χ2v) is 10.5. The Balaban J connectivity index is 1.71. The number of aryl methyl sites for hydroxylation is 2. The Kier molecular flexibility index (Phi) is 7.81. The van der Waals surface area contributed by atoms with E-state index in [1.807, 2.05) is 44.1 Å². The van der Waals surface area contributed by atoms with E-state index < -0.39 is 15.9 Å². The first-order valence-electron chi connectivity index (χ1n) is 10.6. The molecule has 1 aliphatic heterocycles. The van der Waals surface area contributed by atoms with Crippen LogP contribution >= 0.6 is 11.6 Å². The summed E-state index contributed by atoms with van der Waals surface area (Å²) in [6.07, 6.45) is 2.23. The van der Waals surface area contributed by atoms with Crippen LogP contribution in [0, 0.1) is 6.92 Å². The zero-order valence-corrected chi connectivity index (χ0v) is 20.6. The van der Waals surface area contributed by atoms with Crippen molar-refractivity contribution in [3.05, 3.63) is 40.5 Å². The molecule has 0 radical (unpaired) electrons. The van der Waals surface area contributed by atoms with Crippen LogP contribution in [0.15, 0.2) is 29.4 Å². The molecule has 3 rings (SSSR count). The van der Waals surface area contributed by atoms with Gasteiger partial charge in [0.2, 0.25) is 5.03 Å². The highest BCUT2D eigenvalue weighted by Crippen LogP contribution is 2.27. The number of sulfonamides is 1. The van der Waals surface area contributed by atoms with Gasteiger partial charge in [-0.2, -0.15) is 9.40 Å². The van der Waals surface area contributed by atoms with Crippen molar-refractivity contribution in [2.45, 2.75) is 18.4 Å². The molecule has 1 N–H and O–H groups in total. The van der Waals surface area contributed by atoms with Gasteiger partial charge in [-0.05, 0) is 51.7 Å². The predicted octanol–water partition coefficient (Wildman–Crippen LogP) is 1.57. The Labute approximate surface area is 195 Å². The molecule has 1 saturated heterocycles. The zero-order chi connectivity index (χ0) is 23.5. The maximum absolute atomic E-state index is 13.3. The lowest BCUT2D eigenvalue weighted by Crippen LogP contribution is -2.49. The van der Waals surface area contributed by atoms with Gasteiger partial charge in [-0.1, -0.05) is 17.7 Å². The Hall–Kier alpha value is -2.14. The van der Waals surface area contributed by atoms with E-state index in [9.17, 15) is 13.2 Å². The van der Waals surface area contributed by atoms with Gasteiger partial charge in [0.05, 0.1) is 5.56 Å². The molecule has 0 bridgehead atoms. The number of benzene rings is 1. The minimum atomic E-state index is -3.91. The van der Waals surface area contributed by atoms with Crippen molar-refractivity contribution in [3.8, 4) is 0 Å². The molecule has 0 aliphatic carbocycles. The zero-order valence-electron chi connectivity index (χ0n) is 19.0. The summed E-state index contributed by atoms with van der Waals surface area (Å²) < 4.78 is 29.4. The molecule has 9 nitrogen and oxygen atoms in total. The average molecular weight is 483 g/mol. The third-order valence-electron chi connectivity index (χ3n) is 5.44. The monoisotopic (exact) mass is 482 g/mol. The molecule has 2 heterocycles. The van der Waals surface area contributed by atoms with Gasteiger partial charge < -0.3 is 15.1 Å². The highest BCUT2D eigenvalue weighted by Gasteiger charge is 2.34. The van der Waals surface area contributed by atoms with E-state index in [2.05, 4.69) is 15.3 Å². The fourth-order valence-electron chi connectivity index (χ4n) is 3.72. The van der Waals surface area contributed by atoms with E-state index in [1.165, 1.54) is 15.2 Å². The number of aromatic nitrogens is 2. The molecule has 32 heavy (non-hydrogen) atoms. The molecule has 0 saturated carbocycles. The first kappa shape index (κ1) is 24.5. The van der Waals surface area contributed by atoms with Crippen LogP contribution in [0.4, 0.5) is 5.69 Å². The first-order valence-corrected chi connectivity index (χ1v) is 12.4. The Morgan fingerprint density at radius 3 is 2.56 bits per heavy atom. The number of piperazine rings is 1. The molecule has 1 aliphatic rings. The molecule has 1 aromatic carbocycles. The Morgan fingerprint density at radius 2 is 1.91 bits per heavy atom. The van der Waals surface area contributed by atoms with Crippen LogP contribution < -0.4 is 10.2 Å². The highest BCUT2D eigenvalue weighted by molar-refractivity contribution is 7.89. The van der Waals surface area contributed by atoms with E-state index in [4.69, 9.17) is 11.6 Å². The van der Waals surface area contributed by atoms with Gasteiger partial charge in [-0.3, -0.25) is 9.48 Å². The molecule has 0 spiro atoms. The second-order valence-electron chi connectivity index (χ2n) is 8.26. The van der Waals surface area contributed by atoms with Crippen molar-refractivity contribution in [2.24, 2.45) is 7.05 Å². The number of hydrogen-bond donors (Lipinski definition) is 1. The van der Waals surface area contributed by atoms with Gasteiger partial charge in [-0.25, -0.2) is 8.42 Å². The van der Waals surface area contributed by atoms with E-state index >= 15 is 0 Å². The van der Waals surface area contributed by atoms with Gasteiger partial charge in [-0.15, -0.1) is 0 Å². The summed E-state index contributed by atoms with van der Waals surface area (Å²) in [6, 6.07) is 5.70. The first-order chi connectivity index (χ1) is 15.1. The number of carbonyl (C=O) groups excluding carboxylic acids is 1. The molecule has 1 aromatic heterocycles. The van der Waals surface area contributed by atoms with Gasteiger partial charge in [0.25, 0.3) is 15.9 Å². The molecule has 1 fully saturated rings. The summed E-state index contributed by atoms with van der Waals surface area (Å²) in [7, 11) is 1.63. The maximum Gasteiger partial charge on any atom is 0.263 e. The molecule has 0 unspecified atom stereocenters. The number of hydrogen-bond acceptors (Lipinski definition) is 6. The summed E-state index contributed by atoms with van der Waals surface area (Å²) in [5.41, 5.74) is 2.17. The number of rotatable bonds is 8. The average Bonchev–Trinajstić information content (AvgIpc) is 3.15. The van der Waals surface area contributed by atoms with Crippen LogP contribution in [0.2, 0.25) is 5.02 Å². The number of amides is 1. The van der Waals surface area contributed by atoms with E-state index in [1.54, 1.807) is 7.05 Å². The largest absolute Gasteiger partial charge is 0.369 e. The molecular weight excluding hydrogens is 452 g/mol. The lowest BCUT2D eigenvalue weighted by Gasteiger charge is -2.35. The van der Waals surface area contributed by atoms with Crippen LogP contribution in [0.1, 0.15) is 22.3 Å². The molecule has 2 aromatic rings. The third-order valence-corrected chi connectivity index (χ3v) is 7.51. The molecule has 176 valence electrons. The number of nitrogens with zero attached hydrogens (tertiary/aromatic N) is 5. The predicted molar refractivity (Wildman–Crippen MR) is 126 cm³/mol. The fraction of sp³-hybridized carbons (Fsp3) is 0.524. The normalized spacial score (nSPS) is 15.4. The molecule has 1 amide bonds. The van der Waals surface area contributed by atoms with Gasteiger partial charge in [0.15, 0.2) is 0 Å². The summed E-state index contributed by atoms with van der Waals surface area (Å²) in [5.74, 6) is -0.427. The minimum Gasteiger partial charge on any atom is -0.369 e. The van der Waals surface area contributed by atoms with Crippen LogP contribution in [0.5, 0.6) is 0 Å². The summed E-state index contributed by atoms with van der Waals surface area (Å²) in [5, 5.41) is 7.38. The van der Waals surface area contributed by atoms with Crippen LogP contribution in [-0.2, 0) is 17.1 Å². The van der Waals surface area contributed by atoms with Crippen LogP contribution in [0.25, 0.3) is 0 Å². The van der Waals surface area contributed by atoms with Crippen molar-refractivity contribution >= 4 is 33.2 Å². The van der Waals surface area contributed by atoms with Crippen LogP contribution in [0.3, 0.4) is 0 Å². The van der Waals surface area contributed by atoms with E-state index in [0.717, 1.165) is 24.2 Å². The SMILES string of the molecule is Cc1ccc(Cl)cc1N1CCN(S(=O)(=O)c2nn(C)cc2C(=O)NCCCN(C)C)CC1. The van der Waals surface area contributed by atoms with Crippen molar-refractivity contribution < 1.29 is 13.2 Å². The third kappa shape index (κ3) is 5.61. The number of carbonyl (C=O) groups is 1. The number of nitrogens with one attached hydrogen (secondary N) is 1. The topological polar surface area (TPSA) is 90.8 Å². The van der Waals surface area contributed by atoms with Gasteiger partial charge in [0, 0.05) is 56.7 Å². The summed E-state index contributed by atoms with van der Waals surface area (Å²) in [4.78, 5) is 16.8. The summed E-state index contributed by atoms with van der Waals surface area (Å²) >= 11 is 6.14. The van der Waals surface area contributed by atoms with Crippen LogP contribution in [-0.4, -0.2) is 86.7 Å². The standard InChI is InChI=1S/C21H31ClN6O3S/c1-16-6-7-17(22)14-19(16)27-10-12-28(13-11-27)32(30,31)21-18(15-26(4)24-21)20(29)23-8-5-9-25(2)3/h6-7,14-15H,5,8-13H2,1-4H3,(H,23,29). The quantitative estimate of drug-likeness (QED) is 0.574. The lowest BCUT2D eigenvalue weighted by atomic mass is 10.1. The molecular formula is C21H31ClN6O3S. The Morgan fingerprint density at radius 1 is 1.22 bits per heavy atom. The van der Waals surface area contributed by atoms with E-state index in [-0.39, 0.29) is 10.6 Å². The lowest BCUT2D eigenvalue weighted by molar-refractivity contribution is 0.0948. The van der Waals surface area contributed by atoms with Gasteiger partial charge >= 0.3 is 0 Å². The minimum absolute atomic E-state index is 0.0745. The van der Waals surface area contributed by atoms with Crippen molar-refractivity contribution in [1.29, 1.82) is 0 Å².